The molecule has 33 heteroatoms. The Labute approximate surface area is 490 Å². The van der Waals surface area contributed by atoms with Crippen molar-refractivity contribution in [2.45, 2.75) is 44.9 Å². The average molecular weight is 1200 g/mol. The minimum atomic E-state index is -0.886. The summed E-state index contributed by atoms with van der Waals surface area (Å²) in [6, 6.07) is 23.8. The highest BCUT2D eigenvalue weighted by atomic mass is 16.7. The Morgan fingerprint density at radius 3 is 0.716 bits per heavy atom. The van der Waals surface area contributed by atoms with Crippen molar-refractivity contribution in [2.24, 2.45) is 40.9 Å². The Morgan fingerprint density at radius 2 is 0.466 bits per heavy atom. The third-order valence-electron chi connectivity index (χ3n) is 13.4. The molecule has 1 aliphatic rings. The fraction of sp³-hybridized carbons (Fsp3) is 0.127. The van der Waals surface area contributed by atoms with E-state index in [0.29, 0.717) is 17.7 Å². The molecule has 0 fully saturated rings. The van der Waals surface area contributed by atoms with Gasteiger partial charge in [-0.2, -0.15) is 40.9 Å². The first kappa shape index (κ1) is 59.8. The van der Waals surface area contributed by atoms with Crippen molar-refractivity contribution < 1.29 is 54.9 Å². The predicted octanol–water partition coefficient (Wildman–Crippen LogP) is 15.2. The topological polar surface area (TPSA) is 482 Å². The van der Waals surface area contributed by atoms with Gasteiger partial charge in [0.2, 0.25) is 0 Å². The number of nitrogens with zero attached hydrogens (tertiary/aromatic N) is 15. The normalized spacial score (nSPS) is 12.6. The predicted molar refractivity (Wildman–Crippen MR) is 307 cm³/mol. The fourth-order valence-corrected chi connectivity index (χ4v) is 9.31. The minimum Gasteiger partial charge on any atom is -0.507 e. The summed E-state index contributed by atoms with van der Waals surface area (Å²) in [4.78, 5) is 76.3. The lowest BCUT2D eigenvalue weighted by molar-refractivity contribution is -0.394. The second-order valence-electron chi connectivity index (χ2n) is 19.4. The summed E-state index contributed by atoms with van der Waals surface area (Å²) in [6.45, 7) is 0. The first-order valence-electron chi connectivity index (χ1n) is 25.6. The van der Waals surface area contributed by atoms with Crippen LogP contribution in [0.5, 0.6) is 23.0 Å². The van der Waals surface area contributed by atoms with E-state index in [0.717, 1.165) is 42.5 Å². The van der Waals surface area contributed by atoms with Gasteiger partial charge in [-0.15, -0.1) is 0 Å². The van der Waals surface area contributed by atoms with Gasteiger partial charge in [0.15, 0.2) is 0 Å². The first-order chi connectivity index (χ1) is 41.9. The van der Waals surface area contributed by atoms with Crippen molar-refractivity contribution in [1.82, 2.24) is 0 Å². The maximum absolute atomic E-state index is 12.3. The standard InChI is InChI=1S/C55H39N15O18/c71-52-29-4-1-2-5-30-12-39(58-61-42-20-46(65(77)78)26-47(21-42)66(79)80)14-32(53(30)72)9-34-16-41(60-63-44-24-50(69(85)86)28-51(25-44)70(87)88)18-36(55(34)74)10-35-17-40(59-62-43-22-48(67(81)82)27-49(23-43)68(83)84)15-33(54(35)73)8-31(52)13-38(11-29)57-56-37-6-3-7-45(19-37)64(75)76/h3,6-7,11-28,71-74H,1-2,4-5,8-10H2. The van der Waals surface area contributed by atoms with E-state index in [-0.39, 0.29) is 140 Å². The Morgan fingerprint density at radius 1 is 0.261 bits per heavy atom. The van der Waals surface area contributed by atoms with Gasteiger partial charge in [0.1, 0.15) is 23.0 Å². The number of benzene rings is 8. The van der Waals surface area contributed by atoms with Crippen LogP contribution >= 0.6 is 0 Å². The van der Waals surface area contributed by atoms with Crippen molar-refractivity contribution in [3.63, 3.8) is 0 Å². The lowest BCUT2D eigenvalue weighted by Gasteiger charge is -2.16. The minimum absolute atomic E-state index is 0.00193. The van der Waals surface area contributed by atoms with E-state index >= 15 is 0 Å². The van der Waals surface area contributed by atoms with Crippen molar-refractivity contribution >= 4 is 85.3 Å². The van der Waals surface area contributed by atoms with Gasteiger partial charge >= 0.3 is 0 Å². The number of hydrogen-bond donors (Lipinski definition) is 4. The van der Waals surface area contributed by atoms with Crippen LogP contribution < -0.4 is 0 Å². The van der Waals surface area contributed by atoms with Crippen LogP contribution in [0.25, 0.3) is 0 Å². The van der Waals surface area contributed by atoms with E-state index in [9.17, 15) is 91.2 Å². The number of fused-ring (bicyclic) bond motifs is 8. The van der Waals surface area contributed by atoms with Crippen molar-refractivity contribution in [1.29, 1.82) is 0 Å². The van der Waals surface area contributed by atoms with Gasteiger partial charge < -0.3 is 20.4 Å². The molecule has 8 aromatic rings. The second-order valence-corrected chi connectivity index (χ2v) is 19.4. The lowest BCUT2D eigenvalue weighted by atomic mass is 9.92. The summed E-state index contributed by atoms with van der Waals surface area (Å²) in [5.74, 6) is -1.59. The maximum Gasteiger partial charge on any atom is 0.278 e. The van der Waals surface area contributed by atoms with E-state index in [1.54, 1.807) is 0 Å². The van der Waals surface area contributed by atoms with Gasteiger partial charge in [0, 0.05) is 101 Å². The third-order valence-corrected chi connectivity index (χ3v) is 13.4. The van der Waals surface area contributed by atoms with Gasteiger partial charge in [0.25, 0.3) is 39.8 Å². The largest absolute Gasteiger partial charge is 0.507 e. The van der Waals surface area contributed by atoms with Gasteiger partial charge in [0.05, 0.1) is 98.2 Å². The molecule has 8 aromatic carbocycles. The Balaban J connectivity index is 1.25. The number of rotatable bonds is 15. The fourth-order valence-electron chi connectivity index (χ4n) is 9.31. The summed E-state index contributed by atoms with van der Waals surface area (Å²) >= 11 is 0. The Bertz CT molecular complexity index is 4300. The number of azo groups is 4. The molecule has 0 spiro atoms. The zero-order valence-electron chi connectivity index (χ0n) is 44.8. The second kappa shape index (κ2) is 25.3. The van der Waals surface area contributed by atoms with Crippen LogP contribution in [0.2, 0.25) is 0 Å². The van der Waals surface area contributed by atoms with Crippen molar-refractivity contribution in [3.05, 3.63) is 243 Å². The molecule has 0 unspecified atom stereocenters. The first-order valence-corrected chi connectivity index (χ1v) is 25.6. The molecule has 0 amide bonds. The molecular formula is C55H39N15O18. The molecule has 9 rings (SSSR count). The Kier molecular flexibility index (Phi) is 17.2. The number of non-ortho nitro benzene ring substituents is 7. The van der Waals surface area contributed by atoms with Crippen molar-refractivity contribution in [2.75, 3.05) is 0 Å². The highest BCUT2D eigenvalue weighted by Crippen LogP contribution is 2.43. The quantitative estimate of drug-likeness (QED) is 0.0421. The molecule has 4 N–H and O–H groups in total. The molecule has 0 saturated heterocycles. The number of hydrogen-bond acceptors (Lipinski definition) is 26. The van der Waals surface area contributed by atoms with E-state index in [4.69, 9.17) is 0 Å². The van der Waals surface area contributed by atoms with Crippen LogP contribution in [0.1, 0.15) is 57.3 Å². The highest BCUT2D eigenvalue weighted by molar-refractivity contribution is 5.64. The van der Waals surface area contributed by atoms with Gasteiger partial charge in [-0.3, -0.25) is 70.8 Å². The van der Waals surface area contributed by atoms with Gasteiger partial charge in [-0.1, -0.05) is 6.07 Å². The van der Waals surface area contributed by atoms with Crippen LogP contribution in [-0.2, 0) is 32.1 Å². The average Bonchev–Trinajstić information content (AvgIpc) is 3.01. The number of nitro groups is 7. The molecule has 0 aromatic heterocycles. The number of phenolic OH excluding ortho intramolecular Hbond substituents is 4. The summed E-state index contributed by atoms with van der Waals surface area (Å²) in [6.07, 6.45) is -0.420. The number of aryl methyl sites for hydroxylation is 2. The summed E-state index contributed by atoms with van der Waals surface area (Å²) in [7, 11) is 0. The molecule has 0 heterocycles. The molecule has 88 heavy (non-hydrogen) atoms. The molecule has 0 radical (unpaired) electrons. The smallest absolute Gasteiger partial charge is 0.278 e. The molecular weight excluding hydrogens is 1160 g/mol. The number of aromatic hydroxyl groups is 4. The maximum atomic E-state index is 12.3. The zero-order valence-corrected chi connectivity index (χ0v) is 44.8. The molecule has 8 bridgehead atoms. The van der Waals surface area contributed by atoms with Gasteiger partial charge in [-0.25, -0.2) is 0 Å². The molecule has 0 saturated carbocycles. The molecule has 0 aliphatic heterocycles. The zero-order chi connectivity index (χ0) is 63.1. The van der Waals surface area contributed by atoms with Gasteiger partial charge in [-0.05, 0) is 91.4 Å². The van der Waals surface area contributed by atoms with Crippen molar-refractivity contribution in [3.8, 4) is 23.0 Å². The monoisotopic (exact) mass is 1200 g/mol. The third kappa shape index (κ3) is 14.1. The molecule has 442 valence electrons. The SMILES string of the molecule is O=[N+]([O-])c1cccc(N=Nc2cc3c(O)c(c2)Cc2cc(N=Nc4cc([N+](=O)[O-])cc([N+](=O)[O-])c4)cc(c2O)Cc2cc(N=Nc4cc([N+](=O)[O-])cc([N+](=O)[O-])c4)cc(c2O)Cc2cc(N=Nc4cc([N+](=O)[O-])cc([N+](=O)[O-])c4)cc(c2O)CCCC3)c1. The summed E-state index contributed by atoms with van der Waals surface area (Å²) < 4.78 is 0. The van der Waals surface area contributed by atoms with Crippen LogP contribution in [-0.4, -0.2) is 54.9 Å². The molecule has 33 nitrogen and oxygen atoms in total. The molecule has 0 atom stereocenters. The highest BCUT2D eigenvalue weighted by Gasteiger charge is 2.24. The summed E-state index contributed by atoms with van der Waals surface area (Å²) in [5.41, 5.74) is -4.78. The Hall–Kier alpha value is -12.8. The van der Waals surface area contributed by atoms with Crippen LogP contribution in [0.15, 0.2) is 168 Å². The number of phenols is 4. The van der Waals surface area contributed by atoms with Crippen LogP contribution in [0.4, 0.5) is 85.3 Å². The van der Waals surface area contributed by atoms with Crippen LogP contribution in [0, 0.1) is 70.8 Å². The lowest BCUT2D eigenvalue weighted by Crippen LogP contribution is -1.99. The number of nitro benzene ring substituents is 7. The van der Waals surface area contributed by atoms with E-state index in [1.807, 2.05) is 0 Å². The summed E-state index contributed by atoms with van der Waals surface area (Å²) in [5, 5.41) is 164. The van der Waals surface area contributed by atoms with E-state index in [1.165, 1.54) is 72.8 Å². The van der Waals surface area contributed by atoms with E-state index < -0.39 is 86.5 Å². The van der Waals surface area contributed by atoms with E-state index in [2.05, 4.69) is 40.9 Å². The van der Waals surface area contributed by atoms with Crippen LogP contribution in [0.3, 0.4) is 0 Å². The molecule has 1 aliphatic carbocycles.